The Labute approximate surface area is 194 Å². The van der Waals surface area contributed by atoms with Gasteiger partial charge in [0.1, 0.15) is 5.75 Å². The zero-order valence-corrected chi connectivity index (χ0v) is 18.3. The molecule has 0 bridgehead atoms. The lowest BCUT2D eigenvalue weighted by Gasteiger charge is -2.34. The predicted octanol–water partition coefficient (Wildman–Crippen LogP) is 3.53. The van der Waals surface area contributed by atoms with Crippen molar-refractivity contribution in [1.82, 2.24) is 9.80 Å². The Hall–Kier alpha value is -3.82. The Morgan fingerprint density at radius 1 is 1.06 bits per heavy atom. The van der Waals surface area contributed by atoms with Gasteiger partial charge in [0.05, 0.1) is 12.7 Å². The standard InChI is InChI=1S/C24H22F3N3O4/c1-33-19-9-2-16(3-10-19)4-11-20(31)29-12-14-30(15-13-29)23-28-22(32)21(34-23)17-5-7-18(8-6-17)24(25,26)27/h2-11,21H,12-15H2,1H3/b11-4+. The number of nitrogens with zero attached hydrogens (tertiary/aromatic N) is 3. The fourth-order valence-corrected chi connectivity index (χ4v) is 3.64. The van der Waals surface area contributed by atoms with Crippen LogP contribution in [0.4, 0.5) is 13.2 Å². The van der Waals surface area contributed by atoms with Crippen LogP contribution in [0.25, 0.3) is 6.08 Å². The lowest BCUT2D eigenvalue weighted by Crippen LogP contribution is -2.50. The van der Waals surface area contributed by atoms with Gasteiger partial charge in [-0.2, -0.15) is 18.2 Å². The van der Waals surface area contributed by atoms with Gasteiger partial charge >= 0.3 is 6.18 Å². The van der Waals surface area contributed by atoms with Crippen molar-refractivity contribution >= 4 is 23.9 Å². The molecule has 0 saturated carbocycles. The van der Waals surface area contributed by atoms with E-state index in [9.17, 15) is 22.8 Å². The van der Waals surface area contributed by atoms with Crippen molar-refractivity contribution in [2.24, 2.45) is 4.99 Å². The fourth-order valence-electron chi connectivity index (χ4n) is 3.64. The number of ether oxygens (including phenoxy) is 2. The highest BCUT2D eigenvalue weighted by molar-refractivity contribution is 5.99. The van der Waals surface area contributed by atoms with Crippen LogP contribution in [0.3, 0.4) is 0 Å². The minimum Gasteiger partial charge on any atom is -0.497 e. The highest BCUT2D eigenvalue weighted by Gasteiger charge is 2.36. The van der Waals surface area contributed by atoms with Crippen molar-refractivity contribution in [3.05, 3.63) is 71.3 Å². The van der Waals surface area contributed by atoms with Crippen LogP contribution in [0.2, 0.25) is 0 Å². The number of methoxy groups -OCH3 is 1. The minimum atomic E-state index is -4.46. The molecule has 2 aromatic rings. The molecule has 178 valence electrons. The molecule has 1 unspecified atom stereocenters. The second-order valence-electron chi connectivity index (χ2n) is 7.77. The van der Waals surface area contributed by atoms with Gasteiger partial charge in [0.15, 0.2) is 0 Å². The van der Waals surface area contributed by atoms with E-state index in [0.29, 0.717) is 31.7 Å². The summed E-state index contributed by atoms with van der Waals surface area (Å²) in [6.45, 7) is 1.64. The number of amidine groups is 1. The number of halogens is 3. The van der Waals surface area contributed by atoms with Crippen molar-refractivity contribution in [2.45, 2.75) is 12.3 Å². The van der Waals surface area contributed by atoms with Crippen LogP contribution < -0.4 is 4.74 Å². The maximum atomic E-state index is 12.8. The second-order valence-corrected chi connectivity index (χ2v) is 7.77. The molecule has 0 aliphatic carbocycles. The maximum Gasteiger partial charge on any atom is 0.416 e. The second kappa shape index (κ2) is 9.58. The van der Waals surface area contributed by atoms with Gasteiger partial charge in [0.2, 0.25) is 12.0 Å². The molecular weight excluding hydrogens is 451 g/mol. The number of carbonyl (C=O) groups is 2. The Morgan fingerprint density at radius 3 is 2.29 bits per heavy atom. The zero-order valence-electron chi connectivity index (χ0n) is 18.3. The summed E-state index contributed by atoms with van der Waals surface area (Å²) >= 11 is 0. The molecule has 2 aliphatic rings. The molecule has 0 N–H and O–H groups in total. The summed E-state index contributed by atoms with van der Waals surface area (Å²) in [6, 6.07) is 11.7. The first-order valence-electron chi connectivity index (χ1n) is 10.6. The van der Waals surface area contributed by atoms with Gasteiger partial charge in [-0.1, -0.05) is 24.3 Å². The summed E-state index contributed by atoms with van der Waals surface area (Å²) in [6.07, 6.45) is -2.30. The monoisotopic (exact) mass is 473 g/mol. The minimum absolute atomic E-state index is 0.121. The Kier molecular flexibility index (Phi) is 6.58. The lowest BCUT2D eigenvalue weighted by atomic mass is 10.1. The van der Waals surface area contributed by atoms with Crippen molar-refractivity contribution in [3.8, 4) is 5.75 Å². The van der Waals surface area contributed by atoms with Crippen molar-refractivity contribution in [1.29, 1.82) is 0 Å². The maximum absolute atomic E-state index is 12.8. The first-order chi connectivity index (χ1) is 16.2. The molecule has 2 heterocycles. The van der Waals surface area contributed by atoms with E-state index in [1.54, 1.807) is 23.0 Å². The van der Waals surface area contributed by atoms with Gasteiger partial charge in [-0.25, -0.2) is 0 Å². The van der Waals surface area contributed by atoms with Crippen molar-refractivity contribution < 1.29 is 32.2 Å². The lowest BCUT2D eigenvalue weighted by molar-refractivity contribution is -0.137. The van der Waals surface area contributed by atoms with Gasteiger partial charge in [-0.3, -0.25) is 9.59 Å². The third kappa shape index (κ3) is 5.22. The van der Waals surface area contributed by atoms with Crippen LogP contribution in [0.15, 0.2) is 59.6 Å². The molecule has 2 aromatic carbocycles. The molecule has 2 amide bonds. The quantitative estimate of drug-likeness (QED) is 0.636. The number of carbonyl (C=O) groups excluding carboxylic acids is 2. The third-order valence-corrected chi connectivity index (χ3v) is 5.59. The SMILES string of the molecule is COc1ccc(/C=C/C(=O)N2CCN(C3=NC(=O)C(c4ccc(C(F)(F)F)cc4)O3)CC2)cc1. The Morgan fingerprint density at radius 2 is 1.71 bits per heavy atom. The summed E-state index contributed by atoms with van der Waals surface area (Å²) in [5.74, 6) is 0.0230. The molecular formula is C24H22F3N3O4. The van der Waals surface area contributed by atoms with Crippen LogP contribution in [-0.4, -0.2) is 60.9 Å². The molecule has 10 heteroatoms. The van der Waals surface area contributed by atoms with E-state index < -0.39 is 23.8 Å². The van der Waals surface area contributed by atoms with Crippen molar-refractivity contribution in [3.63, 3.8) is 0 Å². The number of alkyl halides is 3. The van der Waals surface area contributed by atoms with Gasteiger partial charge in [-0.05, 0) is 35.9 Å². The molecule has 0 radical (unpaired) electrons. The van der Waals surface area contributed by atoms with Crippen LogP contribution in [0.1, 0.15) is 22.8 Å². The summed E-state index contributed by atoms with van der Waals surface area (Å²) in [5.41, 5.74) is 0.369. The molecule has 7 nitrogen and oxygen atoms in total. The van der Waals surface area contributed by atoms with E-state index in [-0.39, 0.29) is 11.9 Å². The van der Waals surface area contributed by atoms with E-state index in [2.05, 4.69) is 4.99 Å². The largest absolute Gasteiger partial charge is 0.497 e. The molecule has 4 rings (SSSR count). The Balaban J connectivity index is 1.31. The predicted molar refractivity (Wildman–Crippen MR) is 118 cm³/mol. The van der Waals surface area contributed by atoms with Gasteiger partial charge in [-0.15, -0.1) is 0 Å². The van der Waals surface area contributed by atoms with Crippen molar-refractivity contribution in [2.75, 3.05) is 33.3 Å². The first-order valence-corrected chi connectivity index (χ1v) is 10.6. The average molecular weight is 473 g/mol. The molecule has 0 aromatic heterocycles. The highest BCUT2D eigenvalue weighted by Crippen LogP contribution is 2.32. The Bertz CT molecular complexity index is 1100. The van der Waals surface area contributed by atoms with Crippen LogP contribution in [0, 0.1) is 0 Å². The molecule has 1 atom stereocenters. The summed E-state index contributed by atoms with van der Waals surface area (Å²) in [7, 11) is 1.58. The van der Waals surface area contributed by atoms with Crippen LogP contribution in [-0.2, 0) is 20.5 Å². The highest BCUT2D eigenvalue weighted by atomic mass is 19.4. The number of piperazine rings is 1. The topological polar surface area (TPSA) is 71.4 Å². The van der Waals surface area contributed by atoms with Crippen LogP contribution >= 0.6 is 0 Å². The summed E-state index contributed by atoms with van der Waals surface area (Å²) < 4.78 is 49.1. The smallest absolute Gasteiger partial charge is 0.416 e. The number of hydrogen-bond acceptors (Lipinski definition) is 5. The third-order valence-electron chi connectivity index (χ3n) is 5.59. The number of rotatable bonds is 4. The van der Waals surface area contributed by atoms with Gasteiger partial charge < -0.3 is 19.3 Å². The summed E-state index contributed by atoms with van der Waals surface area (Å²) in [5, 5.41) is 0. The fraction of sp³-hybridized carbons (Fsp3) is 0.292. The average Bonchev–Trinajstić information content (AvgIpc) is 3.24. The van der Waals surface area contributed by atoms with E-state index in [1.165, 1.54) is 18.2 Å². The first kappa shape index (κ1) is 23.3. The van der Waals surface area contributed by atoms with Gasteiger partial charge in [0, 0.05) is 37.8 Å². The zero-order chi connectivity index (χ0) is 24.3. The van der Waals surface area contributed by atoms with Gasteiger partial charge in [0.25, 0.3) is 11.9 Å². The molecule has 1 fully saturated rings. The number of amides is 2. The van der Waals surface area contributed by atoms with E-state index in [4.69, 9.17) is 9.47 Å². The van der Waals surface area contributed by atoms with E-state index in [0.717, 1.165) is 23.4 Å². The van der Waals surface area contributed by atoms with E-state index >= 15 is 0 Å². The number of benzene rings is 2. The number of aliphatic imine (C=N–C) groups is 1. The summed E-state index contributed by atoms with van der Waals surface area (Å²) in [4.78, 5) is 32.2. The molecule has 34 heavy (non-hydrogen) atoms. The molecule has 0 spiro atoms. The molecule has 2 aliphatic heterocycles. The van der Waals surface area contributed by atoms with E-state index in [1.807, 2.05) is 24.3 Å². The normalized spacial score (nSPS) is 18.8. The molecule has 1 saturated heterocycles. The number of hydrogen-bond donors (Lipinski definition) is 0. The van der Waals surface area contributed by atoms with Crippen LogP contribution in [0.5, 0.6) is 5.75 Å².